The highest BCUT2D eigenvalue weighted by Crippen LogP contribution is 2.33. The van der Waals surface area contributed by atoms with Gasteiger partial charge in [0.2, 0.25) is 0 Å². The van der Waals surface area contributed by atoms with E-state index in [0.29, 0.717) is 12.1 Å². The number of aliphatic carboxylic acids is 1. The molecule has 2 saturated heterocycles. The van der Waals surface area contributed by atoms with Crippen LogP contribution in [0.25, 0.3) is 0 Å². The molecule has 0 saturated carbocycles. The fourth-order valence-electron chi connectivity index (χ4n) is 3.89. The zero-order valence-electron chi connectivity index (χ0n) is 13.3. The third kappa shape index (κ3) is 3.17. The first-order valence-corrected chi connectivity index (χ1v) is 8.19. The lowest BCUT2D eigenvalue weighted by atomic mass is 9.85. The van der Waals surface area contributed by atoms with Crippen molar-refractivity contribution < 1.29 is 9.90 Å². The van der Waals surface area contributed by atoms with E-state index in [0.717, 1.165) is 51.7 Å². The Morgan fingerprint density at radius 3 is 2.55 bits per heavy atom. The number of hydrogen-bond donors (Lipinski definition) is 1. The van der Waals surface area contributed by atoms with Crippen LogP contribution < -0.4 is 0 Å². The van der Waals surface area contributed by atoms with E-state index in [1.165, 1.54) is 6.42 Å². The maximum absolute atomic E-state index is 11.7. The first-order chi connectivity index (χ1) is 9.45. The molecule has 1 N–H and O–H groups in total. The molecule has 0 amide bonds. The van der Waals surface area contributed by atoms with Gasteiger partial charge in [0.1, 0.15) is 5.54 Å². The van der Waals surface area contributed by atoms with Crippen LogP contribution in [0.3, 0.4) is 0 Å². The van der Waals surface area contributed by atoms with Gasteiger partial charge in [0.15, 0.2) is 0 Å². The van der Waals surface area contributed by atoms with Gasteiger partial charge in [-0.3, -0.25) is 9.69 Å². The number of hydrogen-bond acceptors (Lipinski definition) is 3. The average Bonchev–Trinajstić information content (AvgIpc) is 2.64. The van der Waals surface area contributed by atoms with Crippen LogP contribution >= 0.6 is 0 Å². The number of likely N-dealkylation sites (tertiary alicyclic amines) is 2. The van der Waals surface area contributed by atoms with E-state index in [1.54, 1.807) is 0 Å². The highest BCUT2D eigenvalue weighted by molar-refractivity contribution is 5.78. The molecule has 0 aromatic rings. The minimum absolute atomic E-state index is 0.445. The lowest BCUT2D eigenvalue weighted by molar-refractivity contribution is -0.155. The Balaban J connectivity index is 2.07. The fraction of sp³-hybridized carbons (Fsp3) is 0.938. The van der Waals surface area contributed by atoms with Crippen LogP contribution in [0.1, 0.15) is 59.3 Å². The Kier molecular flexibility index (Phi) is 5.08. The lowest BCUT2D eigenvalue weighted by Gasteiger charge is -2.46. The maximum atomic E-state index is 11.7. The van der Waals surface area contributed by atoms with Gasteiger partial charge in [-0.05, 0) is 78.9 Å². The Morgan fingerprint density at radius 2 is 1.90 bits per heavy atom. The fourth-order valence-corrected chi connectivity index (χ4v) is 3.89. The van der Waals surface area contributed by atoms with Crippen molar-refractivity contribution in [3.63, 3.8) is 0 Å². The Labute approximate surface area is 123 Å². The summed E-state index contributed by atoms with van der Waals surface area (Å²) in [6.07, 6.45) is 6.44. The number of rotatable bonds is 3. The summed E-state index contributed by atoms with van der Waals surface area (Å²) in [6, 6.07) is 1.04. The van der Waals surface area contributed by atoms with Gasteiger partial charge in [-0.15, -0.1) is 0 Å². The van der Waals surface area contributed by atoms with E-state index in [4.69, 9.17) is 0 Å². The van der Waals surface area contributed by atoms with Crippen molar-refractivity contribution in [1.82, 2.24) is 9.80 Å². The molecule has 0 bridgehead atoms. The largest absolute Gasteiger partial charge is 0.480 e. The summed E-state index contributed by atoms with van der Waals surface area (Å²) in [5, 5.41) is 9.66. The van der Waals surface area contributed by atoms with Crippen molar-refractivity contribution in [1.29, 1.82) is 0 Å². The molecule has 2 fully saturated rings. The third-order valence-corrected chi connectivity index (χ3v) is 5.31. The third-order valence-electron chi connectivity index (χ3n) is 5.31. The summed E-state index contributed by atoms with van der Waals surface area (Å²) < 4.78 is 0. The van der Waals surface area contributed by atoms with Crippen LogP contribution in [0.15, 0.2) is 0 Å². The molecule has 20 heavy (non-hydrogen) atoms. The first-order valence-electron chi connectivity index (χ1n) is 8.19. The molecule has 2 rings (SSSR count). The molecule has 2 aliphatic rings. The highest BCUT2D eigenvalue weighted by Gasteiger charge is 2.44. The van der Waals surface area contributed by atoms with Crippen molar-refractivity contribution in [3.8, 4) is 0 Å². The molecule has 0 aromatic carbocycles. The van der Waals surface area contributed by atoms with Crippen LogP contribution in [0.2, 0.25) is 0 Å². The number of piperidine rings is 1. The second-order valence-corrected chi connectivity index (χ2v) is 6.94. The summed E-state index contributed by atoms with van der Waals surface area (Å²) in [4.78, 5) is 16.6. The van der Waals surface area contributed by atoms with Crippen molar-refractivity contribution in [2.24, 2.45) is 0 Å². The van der Waals surface area contributed by atoms with Gasteiger partial charge >= 0.3 is 5.97 Å². The molecule has 0 spiro atoms. The van der Waals surface area contributed by atoms with E-state index < -0.39 is 11.5 Å². The van der Waals surface area contributed by atoms with E-state index in [-0.39, 0.29) is 0 Å². The molecule has 4 heteroatoms. The van der Waals surface area contributed by atoms with E-state index in [1.807, 2.05) is 6.92 Å². The Hall–Kier alpha value is -0.610. The molecular formula is C16H30N2O2. The lowest BCUT2D eigenvalue weighted by Crippen LogP contribution is -2.59. The SMILES string of the molecule is CC(C)N1CCCC(N2CCCCC2(C)C(=O)O)CC1. The van der Waals surface area contributed by atoms with Crippen LogP contribution in [0, 0.1) is 0 Å². The predicted octanol–water partition coefficient (Wildman–Crippen LogP) is 2.58. The van der Waals surface area contributed by atoms with Gasteiger partial charge in [0.05, 0.1) is 0 Å². The van der Waals surface area contributed by atoms with Gasteiger partial charge in [-0.2, -0.15) is 0 Å². The van der Waals surface area contributed by atoms with Crippen LogP contribution in [0.4, 0.5) is 0 Å². The summed E-state index contributed by atoms with van der Waals surface area (Å²) in [7, 11) is 0. The normalized spacial score (nSPS) is 34.1. The topological polar surface area (TPSA) is 43.8 Å². The minimum Gasteiger partial charge on any atom is -0.480 e. The molecule has 0 radical (unpaired) electrons. The number of carbonyl (C=O) groups is 1. The number of nitrogens with zero attached hydrogens (tertiary/aromatic N) is 2. The molecule has 0 aliphatic carbocycles. The smallest absolute Gasteiger partial charge is 0.323 e. The van der Waals surface area contributed by atoms with Crippen LogP contribution in [-0.2, 0) is 4.79 Å². The maximum Gasteiger partial charge on any atom is 0.323 e. The predicted molar refractivity (Wildman–Crippen MR) is 80.9 cm³/mol. The zero-order chi connectivity index (χ0) is 14.8. The van der Waals surface area contributed by atoms with Gasteiger partial charge < -0.3 is 10.0 Å². The first kappa shape index (κ1) is 15.8. The molecule has 0 aromatic heterocycles. The van der Waals surface area contributed by atoms with E-state index in [9.17, 15) is 9.90 Å². The second kappa shape index (κ2) is 6.44. The molecule has 2 unspecified atom stereocenters. The van der Waals surface area contributed by atoms with Crippen LogP contribution in [-0.4, -0.2) is 58.1 Å². The standard InChI is InChI=1S/C16H30N2O2/c1-13(2)17-10-6-7-14(8-12-17)18-11-5-4-9-16(18,3)15(19)20/h13-14H,4-12H2,1-3H3,(H,19,20). The van der Waals surface area contributed by atoms with Crippen molar-refractivity contribution in [2.45, 2.75) is 76.9 Å². The molecule has 116 valence electrons. The van der Waals surface area contributed by atoms with Crippen molar-refractivity contribution in [3.05, 3.63) is 0 Å². The van der Waals surface area contributed by atoms with Crippen molar-refractivity contribution in [2.75, 3.05) is 19.6 Å². The van der Waals surface area contributed by atoms with Gasteiger partial charge in [-0.25, -0.2) is 0 Å². The quantitative estimate of drug-likeness (QED) is 0.864. The number of carboxylic acids is 1. The molecular weight excluding hydrogens is 252 g/mol. The molecule has 2 atom stereocenters. The summed E-state index contributed by atoms with van der Waals surface area (Å²) in [5.41, 5.74) is -0.643. The Bertz CT molecular complexity index is 345. The zero-order valence-corrected chi connectivity index (χ0v) is 13.3. The summed E-state index contributed by atoms with van der Waals surface area (Å²) in [5.74, 6) is -0.637. The van der Waals surface area contributed by atoms with Crippen molar-refractivity contribution >= 4 is 5.97 Å². The van der Waals surface area contributed by atoms with E-state index in [2.05, 4.69) is 23.6 Å². The van der Waals surface area contributed by atoms with Gasteiger partial charge in [-0.1, -0.05) is 0 Å². The Morgan fingerprint density at radius 1 is 1.15 bits per heavy atom. The minimum atomic E-state index is -0.643. The average molecular weight is 282 g/mol. The van der Waals surface area contributed by atoms with Gasteiger partial charge in [0, 0.05) is 12.1 Å². The second-order valence-electron chi connectivity index (χ2n) is 6.94. The molecule has 4 nitrogen and oxygen atoms in total. The monoisotopic (exact) mass is 282 g/mol. The molecule has 2 aliphatic heterocycles. The summed E-state index contributed by atoms with van der Waals surface area (Å²) in [6.45, 7) is 9.65. The van der Waals surface area contributed by atoms with Crippen LogP contribution in [0.5, 0.6) is 0 Å². The summed E-state index contributed by atoms with van der Waals surface area (Å²) >= 11 is 0. The van der Waals surface area contributed by atoms with E-state index >= 15 is 0 Å². The van der Waals surface area contributed by atoms with Gasteiger partial charge in [0.25, 0.3) is 0 Å². The number of carboxylic acid groups (broad SMARTS) is 1. The highest BCUT2D eigenvalue weighted by atomic mass is 16.4. The molecule has 2 heterocycles.